The molecular weight excluding hydrogens is 104 g/mol. The smallest absolute Gasteiger partial charge is 0.231 e. The Labute approximate surface area is 49.3 Å². The van der Waals surface area contributed by atoms with Gasteiger partial charge in [-0.1, -0.05) is 13.8 Å². The molecular formula is C5H12N2O. The highest BCUT2D eigenvalue weighted by Crippen LogP contribution is 1.71. The second-order valence-electron chi connectivity index (χ2n) is 2.00. The molecule has 0 radical (unpaired) electrons. The first kappa shape index (κ1) is 7.43. The van der Waals surface area contributed by atoms with Crippen molar-refractivity contribution in [1.29, 1.82) is 0 Å². The van der Waals surface area contributed by atoms with Crippen molar-refractivity contribution in [3.05, 3.63) is 0 Å². The number of hydrogen-bond acceptors (Lipinski definition) is 2. The Hall–Kier alpha value is -0.570. The van der Waals surface area contributed by atoms with Crippen molar-refractivity contribution < 1.29 is 4.79 Å². The monoisotopic (exact) mass is 116 g/mol. The van der Waals surface area contributed by atoms with Gasteiger partial charge in [0.05, 0.1) is 6.54 Å². The van der Waals surface area contributed by atoms with E-state index in [0.717, 1.165) is 0 Å². The molecule has 0 spiro atoms. The molecule has 48 valence electrons. The maximum Gasteiger partial charge on any atom is 0.231 e. The van der Waals surface area contributed by atoms with E-state index in [4.69, 9.17) is 5.73 Å². The molecule has 0 rings (SSSR count). The quantitative estimate of drug-likeness (QED) is 0.520. The molecule has 0 bridgehead atoms. The van der Waals surface area contributed by atoms with Gasteiger partial charge in [-0.3, -0.25) is 4.79 Å². The number of carbonyl (C=O) groups excluding carboxylic acids is 1. The van der Waals surface area contributed by atoms with Gasteiger partial charge >= 0.3 is 0 Å². The summed E-state index contributed by atoms with van der Waals surface area (Å²) in [5, 5.41) is 2.87. The molecule has 8 heavy (non-hydrogen) atoms. The minimum Gasteiger partial charge on any atom is -0.369 e. The van der Waals surface area contributed by atoms with Crippen LogP contribution in [0.4, 0.5) is 0 Å². The Morgan fingerprint density at radius 3 is 2.38 bits per heavy atom. The van der Waals surface area contributed by atoms with Crippen LogP contribution in [0, 0.1) is 0 Å². The van der Waals surface area contributed by atoms with E-state index in [9.17, 15) is 4.79 Å². The van der Waals surface area contributed by atoms with Gasteiger partial charge in [-0.25, -0.2) is 0 Å². The first-order valence-electron chi connectivity index (χ1n) is 2.64. The van der Waals surface area contributed by atoms with Gasteiger partial charge < -0.3 is 11.1 Å². The summed E-state index contributed by atoms with van der Waals surface area (Å²) in [6, 6.07) is 0.336. The lowest BCUT2D eigenvalue weighted by Crippen LogP contribution is -2.32. The molecule has 0 saturated carbocycles. The first-order chi connectivity index (χ1) is 3.63. The molecule has 0 aromatic carbocycles. The molecule has 0 atom stereocenters. The highest BCUT2D eigenvalue weighted by Gasteiger charge is 1.93. The summed E-state index contributed by atoms with van der Waals surface area (Å²) in [5.74, 6) is -0.307. The van der Waals surface area contributed by atoms with Crippen LogP contribution in [0.3, 0.4) is 0 Å². The van der Waals surface area contributed by atoms with Gasteiger partial charge in [0.2, 0.25) is 5.91 Å². The third kappa shape index (κ3) is 5.43. The summed E-state index contributed by atoms with van der Waals surface area (Å²) in [4.78, 5) is 10.1. The molecule has 1 amide bonds. The third-order valence-electron chi connectivity index (χ3n) is 0.685. The zero-order valence-corrected chi connectivity index (χ0v) is 5.27. The maximum atomic E-state index is 10.1. The molecule has 3 nitrogen and oxygen atoms in total. The number of primary amides is 1. The summed E-state index contributed by atoms with van der Waals surface area (Å²) in [5.41, 5.74) is 4.84. The van der Waals surface area contributed by atoms with Crippen molar-refractivity contribution in [2.45, 2.75) is 19.9 Å². The van der Waals surface area contributed by atoms with E-state index < -0.39 is 0 Å². The van der Waals surface area contributed by atoms with Crippen molar-refractivity contribution in [2.24, 2.45) is 5.73 Å². The van der Waals surface area contributed by atoms with Crippen molar-refractivity contribution in [3.8, 4) is 0 Å². The van der Waals surface area contributed by atoms with Crippen molar-refractivity contribution in [2.75, 3.05) is 6.54 Å². The molecule has 0 aromatic heterocycles. The summed E-state index contributed by atoms with van der Waals surface area (Å²) in [7, 11) is 0. The van der Waals surface area contributed by atoms with Crippen LogP contribution in [0.1, 0.15) is 13.8 Å². The number of rotatable bonds is 3. The standard InChI is InChI=1S/C5H12N2O/c1-4(2)7-3-5(6)8/h4,7H,3H2,1-2H3,(H2,6,8). The summed E-state index contributed by atoms with van der Waals surface area (Å²) < 4.78 is 0. The van der Waals surface area contributed by atoms with Gasteiger partial charge in [-0.2, -0.15) is 0 Å². The van der Waals surface area contributed by atoms with Gasteiger partial charge in [0.25, 0.3) is 0 Å². The van der Waals surface area contributed by atoms with E-state index in [0.29, 0.717) is 6.04 Å². The zero-order valence-electron chi connectivity index (χ0n) is 5.27. The average molecular weight is 116 g/mol. The zero-order chi connectivity index (χ0) is 6.57. The fraction of sp³-hybridized carbons (Fsp3) is 0.800. The summed E-state index contributed by atoms with van der Waals surface area (Å²) in [6.45, 7) is 4.20. The lowest BCUT2D eigenvalue weighted by atomic mass is 10.4. The van der Waals surface area contributed by atoms with Crippen molar-refractivity contribution in [1.82, 2.24) is 5.32 Å². The molecule has 0 fully saturated rings. The molecule has 0 aliphatic rings. The SMILES string of the molecule is CC(C)NCC(N)=O. The van der Waals surface area contributed by atoms with Crippen LogP contribution in [0.2, 0.25) is 0 Å². The molecule has 0 aliphatic heterocycles. The predicted molar refractivity (Wildman–Crippen MR) is 32.3 cm³/mol. The van der Waals surface area contributed by atoms with E-state index in [1.807, 2.05) is 13.8 Å². The lowest BCUT2D eigenvalue weighted by Gasteiger charge is -2.02. The Balaban J connectivity index is 3.05. The second-order valence-corrected chi connectivity index (χ2v) is 2.00. The van der Waals surface area contributed by atoms with E-state index >= 15 is 0 Å². The van der Waals surface area contributed by atoms with Crippen LogP contribution >= 0.6 is 0 Å². The van der Waals surface area contributed by atoms with Crippen LogP contribution < -0.4 is 11.1 Å². The molecule has 3 N–H and O–H groups in total. The molecule has 0 aromatic rings. The number of hydrogen-bond donors (Lipinski definition) is 2. The second kappa shape index (κ2) is 3.43. The van der Waals surface area contributed by atoms with Crippen LogP contribution in [-0.4, -0.2) is 18.5 Å². The van der Waals surface area contributed by atoms with Crippen molar-refractivity contribution >= 4 is 5.91 Å². The minimum atomic E-state index is -0.307. The van der Waals surface area contributed by atoms with Gasteiger partial charge in [0.15, 0.2) is 0 Å². The molecule has 0 unspecified atom stereocenters. The molecule has 0 aliphatic carbocycles. The number of nitrogens with one attached hydrogen (secondary N) is 1. The molecule has 3 heteroatoms. The highest BCUT2D eigenvalue weighted by atomic mass is 16.1. The normalized spacial score (nSPS) is 9.88. The Kier molecular flexibility index (Phi) is 3.19. The van der Waals surface area contributed by atoms with Crippen LogP contribution in [0.15, 0.2) is 0 Å². The van der Waals surface area contributed by atoms with Gasteiger partial charge in [-0.15, -0.1) is 0 Å². The number of nitrogens with two attached hydrogens (primary N) is 1. The van der Waals surface area contributed by atoms with Gasteiger partial charge in [0.1, 0.15) is 0 Å². The Morgan fingerprint density at radius 2 is 2.25 bits per heavy atom. The van der Waals surface area contributed by atoms with E-state index in [1.54, 1.807) is 0 Å². The van der Waals surface area contributed by atoms with Crippen molar-refractivity contribution in [3.63, 3.8) is 0 Å². The largest absolute Gasteiger partial charge is 0.369 e. The minimum absolute atomic E-state index is 0.275. The Morgan fingerprint density at radius 1 is 1.75 bits per heavy atom. The lowest BCUT2D eigenvalue weighted by molar-refractivity contribution is -0.117. The first-order valence-corrected chi connectivity index (χ1v) is 2.64. The highest BCUT2D eigenvalue weighted by molar-refractivity contribution is 5.75. The van der Waals surface area contributed by atoms with E-state index in [-0.39, 0.29) is 12.5 Å². The number of carbonyl (C=O) groups is 1. The fourth-order valence-corrected chi connectivity index (χ4v) is 0.305. The van der Waals surface area contributed by atoms with Crippen LogP contribution in [-0.2, 0) is 4.79 Å². The number of amides is 1. The fourth-order valence-electron chi connectivity index (χ4n) is 0.305. The maximum absolute atomic E-state index is 10.1. The molecule has 0 heterocycles. The summed E-state index contributed by atoms with van der Waals surface area (Å²) in [6.07, 6.45) is 0. The third-order valence-corrected chi connectivity index (χ3v) is 0.685. The predicted octanol–water partition coefficient (Wildman–Crippen LogP) is -0.530. The van der Waals surface area contributed by atoms with Gasteiger partial charge in [0, 0.05) is 6.04 Å². The van der Waals surface area contributed by atoms with E-state index in [1.165, 1.54) is 0 Å². The average Bonchev–Trinajstić information content (AvgIpc) is 1.61. The topological polar surface area (TPSA) is 55.1 Å². The van der Waals surface area contributed by atoms with E-state index in [2.05, 4.69) is 5.32 Å². The van der Waals surface area contributed by atoms with Gasteiger partial charge in [-0.05, 0) is 0 Å². The van der Waals surface area contributed by atoms with Crippen LogP contribution in [0.5, 0.6) is 0 Å². The Bertz CT molecular complexity index is 80.5. The van der Waals surface area contributed by atoms with Crippen LogP contribution in [0.25, 0.3) is 0 Å². The molecule has 0 saturated heterocycles. The summed E-state index contributed by atoms with van der Waals surface area (Å²) >= 11 is 0.